The van der Waals surface area contributed by atoms with Gasteiger partial charge in [0.25, 0.3) is 0 Å². The molecule has 0 unspecified atom stereocenters. The number of likely N-dealkylation sites (tertiary alicyclic amines) is 1. The second kappa shape index (κ2) is 7.38. The normalized spacial score (nSPS) is 17.2. The van der Waals surface area contributed by atoms with E-state index >= 15 is 0 Å². The van der Waals surface area contributed by atoms with Gasteiger partial charge in [-0.1, -0.05) is 0 Å². The Hall–Kier alpha value is -2.83. The lowest BCUT2D eigenvalue weighted by Gasteiger charge is -2.31. The summed E-state index contributed by atoms with van der Waals surface area (Å²) in [5.74, 6) is -0.603. The number of halogens is 1. The van der Waals surface area contributed by atoms with Crippen molar-refractivity contribution in [3.63, 3.8) is 0 Å². The van der Waals surface area contributed by atoms with Crippen LogP contribution in [-0.2, 0) is 4.79 Å². The summed E-state index contributed by atoms with van der Waals surface area (Å²) in [7, 11) is 1.60. The second-order valence-electron chi connectivity index (χ2n) is 6.09. The lowest BCUT2D eigenvalue weighted by Crippen LogP contribution is -2.46. The van der Waals surface area contributed by atoms with Crippen LogP contribution in [0.3, 0.4) is 0 Å². The maximum atomic E-state index is 14.0. The van der Waals surface area contributed by atoms with E-state index in [0.29, 0.717) is 24.5 Å². The summed E-state index contributed by atoms with van der Waals surface area (Å²) in [6.07, 6.45) is 5.03. The molecule has 1 aromatic heterocycles. The molecular weight excluding hydrogens is 323 g/mol. The van der Waals surface area contributed by atoms with Crippen LogP contribution < -0.4 is 10.6 Å². The quantitative estimate of drug-likeness (QED) is 0.899. The van der Waals surface area contributed by atoms with Crippen molar-refractivity contribution in [2.75, 3.05) is 25.5 Å². The van der Waals surface area contributed by atoms with Gasteiger partial charge in [-0.05, 0) is 43.2 Å². The fraction of sp³-hybridized carbons (Fsp3) is 0.333. The van der Waals surface area contributed by atoms with Gasteiger partial charge in [-0.15, -0.1) is 0 Å². The highest BCUT2D eigenvalue weighted by Crippen LogP contribution is 2.21. The predicted octanol–water partition coefficient (Wildman–Crippen LogP) is 2.61. The number of hydrogen-bond donors (Lipinski definition) is 2. The van der Waals surface area contributed by atoms with Crippen LogP contribution in [-0.4, -0.2) is 41.5 Å². The predicted molar refractivity (Wildman–Crippen MR) is 93.1 cm³/mol. The average Bonchev–Trinajstić information content (AvgIpc) is 3.17. The molecule has 0 aliphatic carbocycles. The van der Waals surface area contributed by atoms with Gasteiger partial charge in [0.15, 0.2) is 0 Å². The lowest BCUT2D eigenvalue weighted by atomic mass is 9.97. The highest BCUT2D eigenvalue weighted by molar-refractivity contribution is 5.90. The van der Waals surface area contributed by atoms with Crippen molar-refractivity contribution in [3.8, 4) is 5.69 Å². The number of benzene rings is 1. The Morgan fingerprint density at radius 3 is 2.72 bits per heavy atom. The third-order valence-corrected chi connectivity index (χ3v) is 4.41. The Balaban J connectivity index is 1.71. The molecule has 0 radical (unpaired) electrons. The van der Waals surface area contributed by atoms with Crippen LogP contribution in [0.15, 0.2) is 42.7 Å². The zero-order chi connectivity index (χ0) is 17.8. The highest BCUT2D eigenvalue weighted by Gasteiger charge is 2.27. The summed E-state index contributed by atoms with van der Waals surface area (Å²) in [6.45, 7) is 0.988. The molecule has 1 aromatic carbocycles. The molecule has 7 heteroatoms. The molecule has 25 heavy (non-hydrogen) atoms. The smallest absolute Gasteiger partial charge is 0.321 e. The van der Waals surface area contributed by atoms with Crippen LogP contribution in [0.25, 0.3) is 5.69 Å². The van der Waals surface area contributed by atoms with E-state index < -0.39 is 0 Å². The number of carbonyl (C=O) groups excluding carboxylic acids is 2. The van der Waals surface area contributed by atoms with Crippen molar-refractivity contribution < 1.29 is 14.0 Å². The van der Waals surface area contributed by atoms with Crippen molar-refractivity contribution >= 4 is 17.6 Å². The van der Waals surface area contributed by atoms with Gasteiger partial charge >= 0.3 is 6.03 Å². The fourth-order valence-corrected chi connectivity index (χ4v) is 3.07. The molecule has 0 saturated carbocycles. The third-order valence-electron chi connectivity index (χ3n) is 4.41. The van der Waals surface area contributed by atoms with Crippen LogP contribution >= 0.6 is 0 Å². The van der Waals surface area contributed by atoms with Crippen molar-refractivity contribution in [2.24, 2.45) is 5.92 Å². The van der Waals surface area contributed by atoms with Crippen molar-refractivity contribution in [2.45, 2.75) is 12.8 Å². The lowest BCUT2D eigenvalue weighted by molar-refractivity contribution is -0.125. The zero-order valence-electron chi connectivity index (χ0n) is 14.0. The fourth-order valence-electron chi connectivity index (χ4n) is 3.07. The molecule has 2 heterocycles. The van der Waals surface area contributed by atoms with E-state index in [1.54, 1.807) is 47.1 Å². The van der Waals surface area contributed by atoms with Crippen molar-refractivity contribution in [3.05, 3.63) is 48.5 Å². The molecular formula is C18H21FN4O2. The second-order valence-corrected chi connectivity index (χ2v) is 6.09. The molecule has 1 fully saturated rings. The molecule has 2 aromatic rings. The summed E-state index contributed by atoms with van der Waals surface area (Å²) >= 11 is 0. The van der Waals surface area contributed by atoms with Crippen molar-refractivity contribution in [1.29, 1.82) is 0 Å². The van der Waals surface area contributed by atoms with E-state index in [1.165, 1.54) is 12.1 Å². The van der Waals surface area contributed by atoms with Crippen LogP contribution in [0.4, 0.5) is 14.9 Å². The number of nitrogens with one attached hydrogen (secondary N) is 2. The Labute approximate surface area is 145 Å². The summed E-state index contributed by atoms with van der Waals surface area (Å²) in [6, 6.07) is 7.77. The maximum Gasteiger partial charge on any atom is 0.321 e. The average molecular weight is 344 g/mol. The molecule has 1 atom stereocenters. The number of carbonyl (C=O) groups is 2. The van der Waals surface area contributed by atoms with Crippen LogP contribution in [0, 0.1) is 11.7 Å². The van der Waals surface area contributed by atoms with Crippen LogP contribution in [0.1, 0.15) is 12.8 Å². The van der Waals surface area contributed by atoms with Gasteiger partial charge < -0.3 is 20.1 Å². The van der Waals surface area contributed by atoms with Crippen molar-refractivity contribution in [1.82, 2.24) is 14.8 Å². The first-order valence-corrected chi connectivity index (χ1v) is 8.29. The largest absolute Gasteiger partial charge is 0.359 e. The summed E-state index contributed by atoms with van der Waals surface area (Å²) in [5, 5.41) is 5.43. The molecule has 1 aliphatic heterocycles. The summed E-state index contributed by atoms with van der Waals surface area (Å²) < 4.78 is 15.7. The van der Waals surface area contributed by atoms with Gasteiger partial charge in [-0.3, -0.25) is 4.79 Å². The molecule has 132 valence electrons. The van der Waals surface area contributed by atoms with Gasteiger partial charge in [0.1, 0.15) is 5.82 Å². The summed E-state index contributed by atoms with van der Waals surface area (Å²) in [4.78, 5) is 25.9. The van der Waals surface area contributed by atoms with E-state index in [2.05, 4.69) is 10.6 Å². The number of amides is 3. The first-order valence-electron chi connectivity index (χ1n) is 8.29. The minimum Gasteiger partial charge on any atom is -0.359 e. The molecule has 3 rings (SSSR count). The highest BCUT2D eigenvalue weighted by atomic mass is 19.1. The first-order chi connectivity index (χ1) is 12.1. The monoisotopic (exact) mass is 344 g/mol. The van der Waals surface area contributed by atoms with E-state index in [-0.39, 0.29) is 23.7 Å². The maximum absolute atomic E-state index is 14.0. The first kappa shape index (κ1) is 17.0. The Bertz CT molecular complexity index is 760. The van der Waals surface area contributed by atoms with Gasteiger partial charge in [-0.2, -0.15) is 0 Å². The van der Waals surface area contributed by atoms with Gasteiger partial charge in [0, 0.05) is 38.2 Å². The SMILES string of the molecule is CNC(=O)[C@@H]1CCCN(C(=O)Nc2ccc(F)c(-n3cccc3)c2)C1. The Kier molecular flexibility index (Phi) is 5.02. The Morgan fingerprint density at radius 2 is 2.00 bits per heavy atom. The minimum atomic E-state index is -0.369. The number of rotatable bonds is 3. The van der Waals surface area contributed by atoms with E-state index in [1.807, 2.05) is 0 Å². The molecule has 2 N–H and O–H groups in total. The number of piperidine rings is 1. The van der Waals surface area contributed by atoms with Gasteiger partial charge in [-0.25, -0.2) is 9.18 Å². The number of hydrogen-bond acceptors (Lipinski definition) is 2. The standard InChI is InChI=1S/C18H21FN4O2/c1-20-17(24)13-5-4-10-23(12-13)18(25)21-14-6-7-15(19)16(11-14)22-8-2-3-9-22/h2-3,6-9,11,13H,4-5,10,12H2,1H3,(H,20,24)(H,21,25)/t13-/m1/s1. The van der Waals surface area contributed by atoms with Gasteiger partial charge in [0.2, 0.25) is 5.91 Å². The van der Waals surface area contributed by atoms with Gasteiger partial charge in [0.05, 0.1) is 11.6 Å². The number of urea groups is 1. The van der Waals surface area contributed by atoms with E-state index in [9.17, 15) is 14.0 Å². The molecule has 3 amide bonds. The van der Waals surface area contributed by atoms with E-state index in [0.717, 1.165) is 12.8 Å². The minimum absolute atomic E-state index is 0.0471. The molecule has 0 spiro atoms. The number of nitrogens with zero attached hydrogens (tertiary/aromatic N) is 2. The number of aromatic nitrogens is 1. The molecule has 1 saturated heterocycles. The molecule has 6 nitrogen and oxygen atoms in total. The topological polar surface area (TPSA) is 66.4 Å². The Morgan fingerprint density at radius 1 is 1.24 bits per heavy atom. The van der Waals surface area contributed by atoms with E-state index in [4.69, 9.17) is 0 Å². The zero-order valence-corrected chi connectivity index (χ0v) is 14.0. The number of anilines is 1. The third kappa shape index (κ3) is 3.81. The molecule has 0 bridgehead atoms. The summed E-state index contributed by atoms with van der Waals surface area (Å²) in [5.41, 5.74) is 0.877. The van der Waals surface area contributed by atoms with Crippen LogP contribution in [0.5, 0.6) is 0 Å². The molecule has 1 aliphatic rings. The van der Waals surface area contributed by atoms with Crippen LogP contribution in [0.2, 0.25) is 0 Å².